The van der Waals surface area contributed by atoms with E-state index in [-0.39, 0.29) is 17.5 Å². The first-order valence-electron chi connectivity index (χ1n) is 11.1. The Balaban J connectivity index is 1.35. The molecule has 1 aliphatic rings. The van der Waals surface area contributed by atoms with Crippen LogP contribution in [0.1, 0.15) is 20.8 Å². The van der Waals surface area contributed by atoms with E-state index in [1.807, 2.05) is 12.1 Å². The number of nitrogen functional groups attached to an aromatic ring is 1. The number of nitrogens with zero attached hydrogens (tertiary/aromatic N) is 4. The van der Waals surface area contributed by atoms with Gasteiger partial charge in [0.15, 0.2) is 11.3 Å². The molecule has 0 bridgehead atoms. The van der Waals surface area contributed by atoms with Crippen LogP contribution in [0.2, 0.25) is 0 Å². The molecule has 4 aromatic rings. The molecule has 0 radical (unpaired) electrons. The topological polar surface area (TPSA) is 124 Å². The number of hydrogen-bond donors (Lipinski definition) is 2. The van der Waals surface area contributed by atoms with Gasteiger partial charge in [0, 0.05) is 42.2 Å². The average Bonchev–Trinajstić information content (AvgIpc) is 3.34. The Morgan fingerprint density at radius 3 is 2.57 bits per heavy atom. The summed E-state index contributed by atoms with van der Waals surface area (Å²) in [5, 5.41) is 7.29. The van der Waals surface area contributed by atoms with Gasteiger partial charge in [-0.15, -0.1) is 0 Å². The van der Waals surface area contributed by atoms with Crippen molar-refractivity contribution >= 4 is 28.8 Å². The number of benzene rings is 2. The van der Waals surface area contributed by atoms with Crippen molar-refractivity contribution in [3.63, 3.8) is 0 Å². The molecule has 3 N–H and O–H groups in total. The number of anilines is 2. The lowest BCUT2D eigenvalue weighted by molar-refractivity contribution is 0.0303. The Morgan fingerprint density at radius 2 is 1.83 bits per heavy atom. The summed E-state index contributed by atoms with van der Waals surface area (Å²) in [5.74, 6) is 0.112. The second-order valence-corrected chi connectivity index (χ2v) is 8.02. The van der Waals surface area contributed by atoms with Crippen LogP contribution < -0.4 is 15.8 Å². The number of nitrogens with two attached hydrogens (primary N) is 1. The van der Waals surface area contributed by atoms with Crippen LogP contribution in [0.25, 0.3) is 16.9 Å². The number of fused-ring (bicyclic) bond motifs is 1. The van der Waals surface area contributed by atoms with Crippen molar-refractivity contribution in [2.45, 2.75) is 0 Å². The molecule has 3 heterocycles. The predicted octanol–water partition coefficient (Wildman–Crippen LogP) is 2.71. The van der Waals surface area contributed by atoms with E-state index in [1.54, 1.807) is 65.2 Å². The molecule has 10 nitrogen and oxygen atoms in total. The minimum atomic E-state index is -0.386. The Labute approximate surface area is 201 Å². The lowest BCUT2D eigenvalue weighted by atomic mass is 10.1. The second-order valence-electron chi connectivity index (χ2n) is 8.02. The van der Waals surface area contributed by atoms with Gasteiger partial charge in [0.05, 0.1) is 31.7 Å². The fourth-order valence-electron chi connectivity index (χ4n) is 3.94. The summed E-state index contributed by atoms with van der Waals surface area (Å²) in [6.45, 7) is 2.23. The van der Waals surface area contributed by atoms with Crippen molar-refractivity contribution in [3.8, 4) is 17.0 Å². The summed E-state index contributed by atoms with van der Waals surface area (Å²) >= 11 is 0. The van der Waals surface area contributed by atoms with Gasteiger partial charge < -0.3 is 25.4 Å². The van der Waals surface area contributed by atoms with Gasteiger partial charge in [-0.1, -0.05) is 6.07 Å². The minimum Gasteiger partial charge on any atom is -0.495 e. The molecule has 0 atom stereocenters. The van der Waals surface area contributed by atoms with Gasteiger partial charge in [0.25, 0.3) is 11.8 Å². The number of methoxy groups -OCH3 is 1. The van der Waals surface area contributed by atoms with Crippen molar-refractivity contribution < 1.29 is 19.1 Å². The van der Waals surface area contributed by atoms with Crippen molar-refractivity contribution in [1.29, 1.82) is 0 Å². The van der Waals surface area contributed by atoms with Gasteiger partial charge in [-0.2, -0.15) is 5.10 Å². The third-order valence-electron chi connectivity index (χ3n) is 5.81. The normalized spacial score (nSPS) is 13.6. The highest BCUT2D eigenvalue weighted by atomic mass is 16.5. The van der Waals surface area contributed by atoms with Crippen molar-refractivity contribution in [2.24, 2.45) is 0 Å². The number of hydrogen-bond acceptors (Lipinski definition) is 7. The van der Waals surface area contributed by atoms with Crippen LogP contribution in [0.4, 0.5) is 11.4 Å². The fraction of sp³-hybridized carbons (Fsp3) is 0.200. The Kier molecular flexibility index (Phi) is 6.02. The first-order chi connectivity index (χ1) is 17.0. The number of carbonyl (C=O) groups is 2. The molecule has 5 rings (SSSR count). The van der Waals surface area contributed by atoms with Crippen molar-refractivity contribution in [1.82, 2.24) is 19.5 Å². The molecule has 0 aliphatic carbocycles. The summed E-state index contributed by atoms with van der Waals surface area (Å²) in [7, 11) is 1.55. The van der Waals surface area contributed by atoms with Crippen LogP contribution in [0, 0.1) is 0 Å². The van der Waals surface area contributed by atoms with Crippen LogP contribution in [-0.2, 0) is 4.74 Å². The number of aromatic nitrogens is 3. The zero-order valence-electron chi connectivity index (χ0n) is 19.1. The van der Waals surface area contributed by atoms with E-state index in [4.69, 9.17) is 15.2 Å². The maximum atomic E-state index is 12.9. The van der Waals surface area contributed by atoms with E-state index in [0.717, 1.165) is 11.3 Å². The molecule has 0 spiro atoms. The minimum absolute atomic E-state index is 0.0515. The van der Waals surface area contributed by atoms with Gasteiger partial charge in [-0.25, -0.2) is 9.50 Å². The maximum absolute atomic E-state index is 12.9. The van der Waals surface area contributed by atoms with Crippen LogP contribution in [0.15, 0.2) is 60.8 Å². The number of rotatable bonds is 5. The molecule has 178 valence electrons. The van der Waals surface area contributed by atoms with Crippen LogP contribution in [-0.4, -0.2) is 64.7 Å². The summed E-state index contributed by atoms with van der Waals surface area (Å²) in [4.78, 5) is 31.6. The molecule has 1 saturated heterocycles. The maximum Gasteiger partial charge on any atom is 0.276 e. The zero-order valence-corrected chi connectivity index (χ0v) is 19.1. The molecule has 0 saturated carbocycles. The van der Waals surface area contributed by atoms with E-state index in [1.165, 1.54) is 0 Å². The highest BCUT2D eigenvalue weighted by molar-refractivity contribution is 6.04. The number of morpholine rings is 1. The van der Waals surface area contributed by atoms with Crippen LogP contribution in [0.3, 0.4) is 0 Å². The monoisotopic (exact) mass is 472 g/mol. The average molecular weight is 473 g/mol. The third kappa shape index (κ3) is 4.51. The Morgan fingerprint density at radius 1 is 1.06 bits per heavy atom. The summed E-state index contributed by atoms with van der Waals surface area (Å²) in [6, 6.07) is 15.6. The second kappa shape index (κ2) is 9.43. The third-order valence-corrected chi connectivity index (χ3v) is 5.81. The van der Waals surface area contributed by atoms with Gasteiger partial charge in [-0.05, 0) is 42.5 Å². The molecule has 1 fully saturated rings. The predicted molar refractivity (Wildman–Crippen MR) is 131 cm³/mol. The molecule has 10 heteroatoms. The van der Waals surface area contributed by atoms with E-state index in [2.05, 4.69) is 15.4 Å². The SMILES string of the molecule is COc1cc(-c2ccnc3cc(C(=O)Nc4ccc(C(=O)N5CCOCC5)cc4)nn23)ccc1N. The standard InChI is InChI=1S/C25H24N6O4/c1-34-22-14-17(4-7-19(22)26)21-8-9-27-23-15-20(29-31(21)23)24(32)28-18-5-2-16(3-6-18)25(33)30-10-12-35-13-11-30/h2-9,14-15H,10-13,26H2,1H3,(H,28,32). The van der Waals surface area contributed by atoms with Gasteiger partial charge in [0.2, 0.25) is 0 Å². The molecule has 0 unspecified atom stereocenters. The van der Waals surface area contributed by atoms with Crippen molar-refractivity contribution in [2.75, 3.05) is 44.5 Å². The van der Waals surface area contributed by atoms with E-state index >= 15 is 0 Å². The first kappa shape index (κ1) is 22.4. The highest BCUT2D eigenvalue weighted by Crippen LogP contribution is 2.29. The van der Waals surface area contributed by atoms with E-state index in [9.17, 15) is 9.59 Å². The number of nitrogens with one attached hydrogen (secondary N) is 1. The number of carbonyl (C=O) groups excluding carboxylic acids is 2. The molecular formula is C25H24N6O4. The van der Waals surface area contributed by atoms with Crippen LogP contribution >= 0.6 is 0 Å². The van der Waals surface area contributed by atoms with Crippen molar-refractivity contribution in [3.05, 3.63) is 72.1 Å². The molecule has 1 aliphatic heterocycles. The molecular weight excluding hydrogens is 448 g/mol. The number of ether oxygens (including phenoxy) is 2. The fourth-order valence-corrected chi connectivity index (χ4v) is 3.94. The molecule has 2 aromatic heterocycles. The van der Waals surface area contributed by atoms with Gasteiger partial charge in [-0.3, -0.25) is 9.59 Å². The summed E-state index contributed by atoms with van der Waals surface area (Å²) in [5.41, 5.74) is 9.86. The highest BCUT2D eigenvalue weighted by Gasteiger charge is 2.19. The summed E-state index contributed by atoms with van der Waals surface area (Å²) < 4.78 is 12.2. The largest absolute Gasteiger partial charge is 0.495 e. The van der Waals surface area contributed by atoms with Crippen LogP contribution in [0.5, 0.6) is 5.75 Å². The Hall–Kier alpha value is -4.44. The molecule has 2 amide bonds. The lowest BCUT2D eigenvalue weighted by Crippen LogP contribution is -2.40. The smallest absolute Gasteiger partial charge is 0.276 e. The Bertz CT molecular complexity index is 1390. The van der Waals surface area contributed by atoms with E-state index < -0.39 is 0 Å². The zero-order chi connectivity index (χ0) is 24.4. The van der Waals surface area contributed by atoms with Gasteiger partial charge in [0.1, 0.15) is 5.75 Å². The van der Waals surface area contributed by atoms with Gasteiger partial charge >= 0.3 is 0 Å². The summed E-state index contributed by atoms with van der Waals surface area (Å²) in [6.07, 6.45) is 1.65. The molecule has 2 aromatic carbocycles. The first-order valence-corrected chi connectivity index (χ1v) is 11.1. The molecule has 35 heavy (non-hydrogen) atoms. The lowest BCUT2D eigenvalue weighted by Gasteiger charge is -2.26. The van der Waals surface area contributed by atoms with E-state index in [0.29, 0.717) is 54.6 Å². The number of amides is 2. The quantitative estimate of drug-likeness (QED) is 0.428.